The standard InChI is InChI=1S/C17H23N3O2/c1-3-20(4-2)17(22)11-16(21)18-10-9-13-12-19-15-8-6-5-7-14(13)15/h5-8,12,19H,3-4,9-11H2,1-2H3,(H,18,21). The number of benzene rings is 1. The minimum atomic E-state index is -0.211. The van der Waals surface area contributed by atoms with Crippen LogP contribution in [-0.4, -0.2) is 41.3 Å². The molecule has 2 aromatic rings. The minimum Gasteiger partial charge on any atom is -0.361 e. The Bertz CT molecular complexity index is 644. The van der Waals surface area contributed by atoms with Crippen molar-refractivity contribution in [3.05, 3.63) is 36.0 Å². The molecular weight excluding hydrogens is 278 g/mol. The Labute approximate surface area is 130 Å². The second-order valence-electron chi connectivity index (χ2n) is 5.20. The summed E-state index contributed by atoms with van der Waals surface area (Å²) in [7, 11) is 0. The maximum Gasteiger partial charge on any atom is 0.231 e. The van der Waals surface area contributed by atoms with Gasteiger partial charge < -0.3 is 15.2 Å². The normalized spacial score (nSPS) is 10.6. The Morgan fingerprint density at radius 1 is 1.18 bits per heavy atom. The number of aromatic nitrogens is 1. The van der Waals surface area contributed by atoms with Gasteiger partial charge in [-0.2, -0.15) is 0 Å². The van der Waals surface area contributed by atoms with Crippen molar-refractivity contribution in [2.24, 2.45) is 0 Å². The van der Waals surface area contributed by atoms with Crippen LogP contribution in [0.15, 0.2) is 30.5 Å². The number of hydrogen-bond donors (Lipinski definition) is 2. The number of rotatable bonds is 7. The van der Waals surface area contributed by atoms with E-state index in [0.29, 0.717) is 19.6 Å². The molecule has 2 N–H and O–H groups in total. The number of carbonyl (C=O) groups is 2. The van der Waals surface area contributed by atoms with Gasteiger partial charge in [0.25, 0.3) is 0 Å². The first-order valence-electron chi connectivity index (χ1n) is 7.75. The van der Waals surface area contributed by atoms with Crippen molar-refractivity contribution in [2.75, 3.05) is 19.6 Å². The van der Waals surface area contributed by atoms with Gasteiger partial charge in [-0.15, -0.1) is 0 Å². The minimum absolute atomic E-state index is 0.0738. The molecule has 5 nitrogen and oxygen atoms in total. The second-order valence-corrected chi connectivity index (χ2v) is 5.20. The van der Waals surface area contributed by atoms with Crippen molar-refractivity contribution < 1.29 is 9.59 Å². The van der Waals surface area contributed by atoms with E-state index in [0.717, 1.165) is 11.9 Å². The average Bonchev–Trinajstić information content (AvgIpc) is 2.92. The number of para-hydroxylation sites is 1. The quantitative estimate of drug-likeness (QED) is 0.769. The van der Waals surface area contributed by atoms with Crippen LogP contribution in [-0.2, 0) is 16.0 Å². The third kappa shape index (κ3) is 3.87. The Balaban J connectivity index is 1.81. The Hall–Kier alpha value is -2.30. The SMILES string of the molecule is CCN(CC)C(=O)CC(=O)NCCc1c[nH]c2ccccc12. The number of fused-ring (bicyclic) bond motifs is 1. The number of aromatic amines is 1. The molecule has 2 rings (SSSR count). The molecule has 22 heavy (non-hydrogen) atoms. The summed E-state index contributed by atoms with van der Waals surface area (Å²) in [4.78, 5) is 28.5. The van der Waals surface area contributed by atoms with E-state index in [4.69, 9.17) is 0 Å². The van der Waals surface area contributed by atoms with E-state index in [-0.39, 0.29) is 18.2 Å². The summed E-state index contributed by atoms with van der Waals surface area (Å²) in [6, 6.07) is 8.08. The molecule has 0 radical (unpaired) electrons. The molecule has 0 unspecified atom stereocenters. The van der Waals surface area contributed by atoms with Gasteiger partial charge in [0.1, 0.15) is 6.42 Å². The second kappa shape index (κ2) is 7.64. The number of carbonyl (C=O) groups excluding carboxylic acids is 2. The van der Waals surface area contributed by atoms with E-state index in [1.165, 1.54) is 10.9 Å². The summed E-state index contributed by atoms with van der Waals surface area (Å²) in [6.45, 7) is 5.63. The number of H-pyrrole nitrogens is 1. The molecule has 5 heteroatoms. The Kier molecular flexibility index (Phi) is 5.58. The van der Waals surface area contributed by atoms with Gasteiger partial charge in [-0.3, -0.25) is 9.59 Å². The number of nitrogens with one attached hydrogen (secondary N) is 2. The lowest BCUT2D eigenvalue weighted by atomic mass is 10.1. The van der Waals surface area contributed by atoms with E-state index < -0.39 is 0 Å². The fourth-order valence-corrected chi connectivity index (χ4v) is 2.56. The van der Waals surface area contributed by atoms with Crippen molar-refractivity contribution in [1.82, 2.24) is 15.2 Å². The third-order valence-corrected chi connectivity index (χ3v) is 3.82. The summed E-state index contributed by atoms with van der Waals surface area (Å²) >= 11 is 0. The fraction of sp³-hybridized carbons (Fsp3) is 0.412. The van der Waals surface area contributed by atoms with Crippen LogP contribution < -0.4 is 5.32 Å². The van der Waals surface area contributed by atoms with Gasteiger partial charge in [0.2, 0.25) is 11.8 Å². The van der Waals surface area contributed by atoms with Crippen LogP contribution in [0.5, 0.6) is 0 Å². The van der Waals surface area contributed by atoms with E-state index in [1.807, 2.05) is 38.2 Å². The average molecular weight is 301 g/mol. The van der Waals surface area contributed by atoms with Crippen LogP contribution in [0.1, 0.15) is 25.8 Å². The molecule has 0 bridgehead atoms. The van der Waals surface area contributed by atoms with E-state index in [1.54, 1.807) is 4.90 Å². The highest BCUT2D eigenvalue weighted by molar-refractivity contribution is 5.96. The van der Waals surface area contributed by atoms with Gasteiger partial charge in [0.15, 0.2) is 0 Å². The van der Waals surface area contributed by atoms with Crippen molar-refractivity contribution in [3.63, 3.8) is 0 Å². The van der Waals surface area contributed by atoms with E-state index in [2.05, 4.69) is 16.4 Å². The number of nitrogens with zero attached hydrogens (tertiary/aromatic N) is 1. The lowest BCUT2D eigenvalue weighted by molar-refractivity contribution is -0.135. The van der Waals surface area contributed by atoms with E-state index in [9.17, 15) is 9.59 Å². The molecule has 0 saturated heterocycles. The molecule has 1 aromatic carbocycles. The van der Waals surface area contributed by atoms with Crippen molar-refractivity contribution in [1.29, 1.82) is 0 Å². The van der Waals surface area contributed by atoms with Crippen LogP contribution in [0.2, 0.25) is 0 Å². The topological polar surface area (TPSA) is 65.2 Å². The summed E-state index contributed by atoms with van der Waals surface area (Å²) in [5.74, 6) is -0.327. The molecule has 0 fully saturated rings. The third-order valence-electron chi connectivity index (χ3n) is 3.82. The van der Waals surface area contributed by atoms with Crippen molar-refractivity contribution in [2.45, 2.75) is 26.7 Å². The Morgan fingerprint density at radius 2 is 1.91 bits per heavy atom. The summed E-state index contributed by atoms with van der Waals surface area (Å²) < 4.78 is 0. The van der Waals surface area contributed by atoms with Crippen molar-refractivity contribution >= 4 is 22.7 Å². The van der Waals surface area contributed by atoms with Gasteiger partial charge in [0.05, 0.1) is 0 Å². The zero-order chi connectivity index (χ0) is 15.9. The zero-order valence-corrected chi connectivity index (χ0v) is 13.2. The molecule has 0 aliphatic carbocycles. The summed E-state index contributed by atoms with van der Waals surface area (Å²) in [5, 5.41) is 4.00. The summed E-state index contributed by atoms with van der Waals surface area (Å²) in [6.07, 6.45) is 2.64. The summed E-state index contributed by atoms with van der Waals surface area (Å²) in [5.41, 5.74) is 2.27. The van der Waals surface area contributed by atoms with Crippen LogP contribution >= 0.6 is 0 Å². The molecule has 0 saturated carbocycles. The highest BCUT2D eigenvalue weighted by Crippen LogP contribution is 2.17. The maximum atomic E-state index is 11.8. The molecule has 1 heterocycles. The molecule has 0 aliphatic rings. The molecule has 1 aromatic heterocycles. The predicted molar refractivity (Wildman–Crippen MR) is 87.6 cm³/mol. The molecule has 0 aliphatic heterocycles. The predicted octanol–water partition coefficient (Wildman–Crippen LogP) is 2.09. The first-order chi connectivity index (χ1) is 10.7. The Morgan fingerprint density at radius 3 is 2.64 bits per heavy atom. The number of hydrogen-bond acceptors (Lipinski definition) is 2. The largest absolute Gasteiger partial charge is 0.361 e. The first kappa shape index (κ1) is 16.1. The van der Waals surface area contributed by atoms with Crippen LogP contribution in [0, 0.1) is 0 Å². The fourth-order valence-electron chi connectivity index (χ4n) is 2.56. The first-order valence-corrected chi connectivity index (χ1v) is 7.75. The van der Waals surface area contributed by atoms with E-state index >= 15 is 0 Å². The molecule has 0 atom stereocenters. The van der Waals surface area contributed by atoms with Crippen molar-refractivity contribution in [3.8, 4) is 0 Å². The van der Waals surface area contributed by atoms with Gasteiger partial charge >= 0.3 is 0 Å². The molecule has 0 spiro atoms. The smallest absolute Gasteiger partial charge is 0.231 e. The highest BCUT2D eigenvalue weighted by atomic mass is 16.2. The highest BCUT2D eigenvalue weighted by Gasteiger charge is 2.14. The van der Waals surface area contributed by atoms with Gasteiger partial charge in [-0.05, 0) is 31.9 Å². The number of amides is 2. The van der Waals surface area contributed by atoms with Gasteiger partial charge in [-0.25, -0.2) is 0 Å². The molecule has 118 valence electrons. The maximum absolute atomic E-state index is 11.8. The lowest BCUT2D eigenvalue weighted by Crippen LogP contribution is -2.36. The monoisotopic (exact) mass is 301 g/mol. The van der Waals surface area contributed by atoms with Gasteiger partial charge in [0, 0.05) is 36.7 Å². The zero-order valence-electron chi connectivity index (χ0n) is 13.2. The van der Waals surface area contributed by atoms with Crippen LogP contribution in [0.25, 0.3) is 10.9 Å². The molecular formula is C17H23N3O2. The molecule has 2 amide bonds. The lowest BCUT2D eigenvalue weighted by Gasteiger charge is -2.18. The van der Waals surface area contributed by atoms with Crippen LogP contribution in [0.4, 0.5) is 0 Å². The van der Waals surface area contributed by atoms with Gasteiger partial charge in [-0.1, -0.05) is 18.2 Å². The van der Waals surface area contributed by atoms with Crippen LogP contribution in [0.3, 0.4) is 0 Å².